The van der Waals surface area contributed by atoms with E-state index in [0.29, 0.717) is 0 Å². The largest absolute Gasteiger partial charge is 0.478 e. The monoisotopic (exact) mass is 480 g/mol. The molecule has 2 aromatic carbocycles. The average Bonchev–Trinajstić information content (AvgIpc) is 2.62. The van der Waals surface area contributed by atoms with Gasteiger partial charge in [0.15, 0.2) is 0 Å². The van der Waals surface area contributed by atoms with Gasteiger partial charge in [0.25, 0.3) is 0 Å². The van der Waals surface area contributed by atoms with E-state index < -0.39 is 60.6 Å². The number of para-hydroxylation sites is 2. The molecule has 3 N–H and O–H groups in total. The van der Waals surface area contributed by atoms with Crippen LogP contribution in [0.15, 0.2) is 36.4 Å². The second-order valence-electron chi connectivity index (χ2n) is 5.87. The summed E-state index contributed by atoms with van der Waals surface area (Å²) in [6, 6.07) is 6.86. The Kier molecular flexibility index (Phi) is 8.46. The van der Waals surface area contributed by atoms with Crippen LogP contribution in [0.5, 0.6) is 0 Å². The predicted molar refractivity (Wildman–Crippen MR) is 108 cm³/mol. The molecule has 2 aromatic rings. The molecule has 0 aliphatic rings. The van der Waals surface area contributed by atoms with Crippen LogP contribution in [0.4, 0.5) is 20.2 Å². The highest BCUT2D eigenvalue weighted by atomic mass is 32.2. The maximum absolute atomic E-state index is 13.3. The maximum atomic E-state index is 13.3. The zero-order valence-electron chi connectivity index (χ0n) is 16.3. The number of carbonyl (C=O) groups is 2. The molecule has 0 fully saturated rings. The lowest BCUT2D eigenvalue weighted by molar-refractivity contribution is 0.0600. The second-order valence-corrected chi connectivity index (χ2v) is 9.37. The average molecular weight is 480 g/mol. The summed E-state index contributed by atoms with van der Waals surface area (Å²) in [5.41, 5.74) is -1.56. The number of methoxy groups -OCH3 is 1. The summed E-state index contributed by atoms with van der Waals surface area (Å²) in [6.45, 7) is 0. The van der Waals surface area contributed by atoms with E-state index in [-0.39, 0.29) is 5.56 Å². The molecule has 31 heavy (non-hydrogen) atoms. The number of halogens is 2. The first kappa shape index (κ1) is 25.8. The molecule has 0 unspecified atom stereocenters. The van der Waals surface area contributed by atoms with Gasteiger partial charge in [-0.25, -0.2) is 35.2 Å². The molecule has 2 rings (SSSR count). The first-order valence-corrected chi connectivity index (χ1v) is 11.8. The normalized spacial score (nSPS) is 11.0. The summed E-state index contributed by atoms with van der Waals surface area (Å²) in [5.74, 6) is -3.99. The van der Waals surface area contributed by atoms with Gasteiger partial charge in [0.2, 0.25) is 20.0 Å². The van der Waals surface area contributed by atoms with Gasteiger partial charge in [-0.3, -0.25) is 9.44 Å². The SMILES string of the molecule is COC(=O)c1cccc(F)c1NS(C)(=O)=O.CS(=O)(=O)Nc1c(F)cccc1C(=O)O. The van der Waals surface area contributed by atoms with Gasteiger partial charge in [0.1, 0.15) is 11.6 Å². The Hall–Kier alpha value is -3.26. The van der Waals surface area contributed by atoms with E-state index in [0.717, 1.165) is 37.8 Å². The smallest absolute Gasteiger partial charge is 0.340 e. The molecule has 170 valence electrons. The molecule has 0 bridgehead atoms. The number of aromatic carboxylic acids is 1. The van der Waals surface area contributed by atoms with Gasteiger partial charge in [-0.2, -0.15) is 0 Å². The first-order valence-electron chi connectivity index (χ1n) is 8.00. The second kappa shape index (κ2) is 10.2. The fourth-order valence-corrected chi connectivity index (χ4v) is 3.24. The molecule has 0 aliphatic heterocycles. The van der Waals surface area contributed by atoms with Gasteiger partial charge >= 0.3 is 11.9 Å². The van der Waals surface area contributed by atoms with Crippen molar-refractivity contribution in [3.05, 3.63) is 59.2 Å². The minimum absolute atomic E-state index is 0.173. The van der Waals surface area contributed by atoms with Gasteiger partial charge < -0.3 is 9.84 Å². The van der Waals surface area contributed by atoms with E-state index in [2.05, 4.69) is 4.74 Å². The number of rotatable bonds is 6. The fraction of sp³-hybridized carbons (Fsp3) is 0.176. The molecular weight excluding hydrogens is 462 g/mol. The van der Waals surface area contributed by atoms with Crippen molar-refractivity contribution in [1.82, 2.24) is 0 Å². The molecular formula is C17H18F2N2O8S2. The van der Waals surface area contributed by atoms with E-state index in [1.165, 1.54) is 18.2 Å². The standard InChI is InChI=1S/C9H10FNO4S.C8H8FNO4S/c1-15-9(12)6-4-3-5-7(10)8(6)11-16(2,13)14;1-15(13,14)10-7-5(8(11)12)3-2-4-6(7)9/h3-5,11H,1-2H3;2-4,10H,1H3,(H,11,12). The van der Waals surface area contributed by atoms with Crippen molar-refractivity contribution in [1.29, 1.82) is 0 Å². The summed E-state index contributed by atoms with van der Waals surface area (Å²) in [7, 11) is -6.25. The minimum atomic E-state index is -3.71. The zero-order valence-corrected chi connectivity index (χ0v) is 18.0. The Balaban J connectivity index is 0.000000311. The number of nitrogens with one attached hydrogen (secondary N) is 2. The highest BCUT2D eigenvalue weighted by molar-refractivity contribution is 7.92. The highest BCUT2D eigenvalue weighted by Gasteiger charge is 2.18. The van der Waals surface area contributed by atoms with Crippen LogP contribution in [-0.4, -0.2) is 53.5 Å². The third-order valence-electron chi connectivity index (χ3n) is 3.24. The van der Waals surface area contributed by atoms with Crippen molar-refractivity contribution in [2.75, 3.05) is 29.1 Å². The van der Waals surface area contributed by atoms with Crippen LogP contribution < -0.4 is 9.44 Å². The van der Waals surface area contributed by atoms with Crippen molar-refractivity contribution >= 4 is 43.4 Å². The van der Waals surface area contributed by atoms with E-state index in [1.807, 2.05) is 9.44 Å². The minimum Gasteiger partial charge on any atom is -0.478 e. The van der Waals surface area contributed by atoms with Crippen molar-refractivity contribution in [2.24, 2.45) is 0 Å². The number of hydrogen-bond donors (Lipinski definition) is 3. The molecule has 0 spiro atoms. The predicted octanol–water partition coefficient (Wildman–Crippen LogP) is 1.88. The Morgan fingerprint density at radius 2 is 1.23 bits per heavy atom. The van der Waals surface area contributed by atoms with Gasteiger partial charge in [0, 0.05) is 0 Å². The molecule has 10 nitrogen and oxygen atoms in total. The molecule has 0 saturated carbocycles. The maximum Gasteiger partial charge on any atom is 0.340 e. The molecule has 0 aromatic heterocycles. The summed E-state index contributed by atoms with van der Waals surface area (Å²) in [4.78, 5) is 21.9. The summed E-state index contributed by atoms with van der Waals surface area (Å²) in [6.07, 6.45) is 1.67. The van der Waals surface area contributed by atoms with E-state index in [1.54, 1.807) is 0 Å². The van der Waals surface area contributed by atoms with Crippen LogP contribution in [0.25, 0.3) is 0 Å². The van der Waals surface area contributed by atoms with Crippen LogP contribution in [-0.2, 0) is 24.8 Å². The van der Waals surface area contributed by atoms with Gasteiger partial charge in [-0.1, -0.05) is 12.1 Å². The Morgan fingerprint density at radius 1 is 0.839 bits per heavy atom. The Morgan fingerprint density at radius 3 is 1.58 bits per heavy atom. The van der Waals surface area contributed by atoms with E-state index in [9.17, 15) is 35.2 Å². The number of ether oxygens (including phenoxy) is 1. The molecule has 0 aliphatic carbocycles. The van der Waals surface area contributed by atoms with E-state index >= 15 is 0 Å². The van der Waals surface area contributed by atoms with Crippen molar-refractivity contribution in [2.45, 2.75) is 0 Å². The molecule has 0 atom stereocenters. The summed E-state index contributed by atoms with van der Waals surface area (Å²) < 4.78 is 78.3. The van der Waals surface area contributed by atoms with Crippen molar-refractivity contribution in [3.8, 4) is 0 Å². The lowest BCUT2D eigenvalue weighted by atomic mass is 10.2. The third-order valence-corrected chi connectivity index (χ3v) is 4.39. The van der Waals surface area contributed by atoms with Crippen LogP contribution in [0, 0.1) is 11.6 Å². The molecule has 0 saturated heterocycles. The topological polar surface area (TPSA) is 156 Å². The van der Waals surface area contributed by atoms with Gasteiger partial charge in [-0.05, 0) is 24.3 Å². The highest BCUT2D eigenvalue weighted by Crippen LogP contribution is 2.22. The molecule has 0 amide bonds. The molecule has 0 radical (unpaired) electrons. The molecule has 14 heteroatoms. The van der Waals surface area contributed by atoms with Crippen molar-refractivity contribution in [3.63, 3.8) is 0 Å². The number of anilines is 2. The third kappa shape index (κ3) is 8.18. The van der Waals surface area contributed by atoms with Crippen molar-refractivity contribution < 1.29 is 45.0 Å². The summed E-state index contributed by atoms with van der Waals surface area (Å²) >= 11 is 0. The van der Waals surface area contributed by atoms with Crippen LogP contribution in [0.2, 0.25) is 0 Å². The number of carboxylic acids is 1. The van der Waals surface area contributed by atoms with E-state index in [4.69, 9.17) is 5.11 Å². The van der Waals surface area contributed by atoms with Crippen LogP contribution in [0.1, 0.15) is 20.7 Å². The lowest BCUT2D eigenvalue weighted by Crippen LogP contribution is -2.15. The number of carbonyl (C=O) groups excluding carboxylic acids is 1. The number of sulfonamides is 2. The number of carboxylic acid groups (broad SMARTS) is 1. The first-order chi connectivity index (χ1) is 14.2. The van der Waals surface area contributed by atoms with Gasteiger partial charge in [-0.15, -0.1) is 0 Å². The quantitative estimate of drug-likeness (QED) is 0.529. The zero-order chi connectivity index (χ0) is 24.0. The lowest BCUT2D eigenvalue weighted by Gasteiger charge is -2.09. The Bertz CT molecular complexity index is 1200. The molecule has 0 heterocycles. The van der Waals surface area contributed by atoms with Gasteiger partial charge in [0.05, 0.1) is 42.1 Å². The Labute approximate surface area is 177 Å². The fourth-order valence-electron chi connectivity index (χ4n) is 2.08. The summed E-state index contributed by atoms with van der Waals surface area (Å²) in [5, 5.41) is 8.69. The van der Waals surface area contributed by atoms with Crippen LogP contribution in [0.3, 0.4) is 0 Å². The number of esters is 1. The van der Waals surface area contributed by atoms with Crippen LogP contribution >= 0.6 is 0 Å². The number of hydrogen-bond acceptors (Lipinski definition) is 7. The number of benzene rings is 2.